The lowest BCUT2D eigenvalue weighted by Crippen LogP contribution is -2.11. The van der Waals surface area contributed by atoms with Gasteiger partial charge < -0.3 is 19.6 Å². The van der Waals surface area contributed by atoms with Crippen LogP contribution in [0.4, 0.5) is 4.79 Å². The smallest absolute Gasteiger partial charge is 0.430 e. The summed E-state index contributed by atoms with van der Waals surface area (Å²) in [5.41, 5.74) is 7.90. The van der Waals surface area contributed by atoms with Crippen molar-refractivity contribution in [3.63, 3.8) is 0 Å². The number of benzene rings is 2. The molecule has 1 aliphatic carbocycles. The zero-order valence-corrected chi connectivity index (χ0v) is 18.4. The van der Waals surface area contributed by atoms with Crippen molar-refractivity contribution in [2.45, 2.75) is 44.6 Å². The van der Waals surface area contributed by atoms with Crippen molar-refractivity contribution < 1.29 is 23.5 Å². The zero-order chi connectivity index (χ0) is 22.5. The third-order valence-corrected chi connectivity index (χ3v) is 5.50. The molecule has 4 rings (SSSR count). The molecule has 1 amide bonds. The van der Waals surface area contributed by atoms with Crippen LogP contribution in [-0.4, -0.2) is 30.5 Å². The van der Waals surface area contributed by atoms with Crippen molar-refractivity contribution in [2.75, 3.05) is 7.11 Å². The van der Waals surface area contributed by atoms with Crippen molar-refractivity contribution in [1.29, 1.82) is 0 Å². The number of amides is 1. The van der Waals surface area contributed by atoms with Gasteiger partial charge in [0.25, 0.3) is 0 Å². The van der Waals surface area contributed by atoms with E-state index in [0.717, 1.165) is 29.7 Å². The van der Waals surface area contributed by atoms with Crippen LogP contribution in [-0.2, 0) is 17.7 Å². The molecule has 0 bridgehead atoms. The van der Waals surface area contributed by atoms with E-state index < -0.39 is 6.09 Å². The molecule has 3 aromatic rings. The van der Waals surface area contributed by atoms with Crippen LogP contribution in [0.3, 0.4) is 0 Å². The topological polar surface area (TPSA) is 109 Å². The number of hydrogen-bond acceptors (Lipinski definition) is 7. The van der Waals surface area contributed by atoms with Crippen molar-refractivity contribution in [1.82, 2.24) is 4.98 Å². The number of nitrogens with zero attached hydrogens (tertiary/aromatic N) is 2. The van der Waals surface area contributed by atoms with Crippen LogP contribution in [0.25, 0.3) is 11.1 Å². The molecule has 32 heavy (non-hydrogen) atoms. The molecule has 0 saturated heterocycles. The molecule has 9 heteroatoms. The Bertz CT molecular complexity index is 1140. The Morgan fingerprint density at radius 2 is 2.09 bits per heavy atom. The Morgan fingerprint density at radius 1 is 1.28 bits per heavy atom. The molecule has 168 valence electrons. The number of aromatic nitrogens is 1. The van der Waals surface area contributed by atoms with Gasteiger partial charge in [-0.1, -0.05) is 22.8 Å². The monoisotopic (exact) mass is 457 g/mol. The van der Waals surface area contributed by atoms with Gasteiger partial charge in [-0.25, -0.2) is 9.78 Å². The molecule has 1 fully saturated rings. The number of ether oxygens (including phenoxy) is 2. The van der Waals surface area contributed by atoms with Crippen LogP contribution in [0.5, 0.6) is 11.5 Å². The van der Waals surface area contributed by atoms with Gasteiger partial charge >= 0.3 is 6.09 Å². The molecule has 2 aromatic carbocycles. The SMILES string of the molecule is COc1ccc(Cc2nc3cc(Cl)cc(CC=NOC(N)=O)c3o2)cc1OC1CCCC1. The Labute approximate surface area is 190 Å². The van der Waals surface area contributed by atoms with E-state index in [1.54, 1.807) is 19.2 Å². The first-order valence-corrected chi connectivity index (χ1v) is 10.8. The second-order valence-electron chi connectivity index (χ2n) is 7.61. The number of fused-ring (bicyclic) bond motifs is 1. The van der Waals surface area contributed by atoms with E-state index in [9.17, 15) is 4.79 Å². The van der Waals surface area contributed by atoms with Gasteiger partial charge in [0, 0.05) is 29.6 Å². The van der Waals surface area contributed by atoms with Crippen molar-refractivity contribution in [2.24, 2.45) is 10.9 Å². The summed E-state index contributed by atoms with van der Waals surface area (Å²) in [4.78, 5) is 19.6. The number of oxazole rings is 1. The number of rotatable bonds is 8. The minimum Gasteiger partial charge on any atom is -0.493 e. The van der Waals surface area contributed by atoms with Crippen molar-refractivity contribution in [3.8, 4) is 11.5 Å². The maximum atomic E-state index is 10.6. The van der Waals surface area contributed by atoms with E-state index in [0.29, 0.717) is 40.6 Å². The highest BCUT2D eigenvalue weighted by atomic mass is 35.5. The number of halogens is 1. The molecule has 1 aliphatic rings. The fourth-order valence-corrected chi connectivity index (χ4v) is 4.08. The summed E-state index contributed by atoms with van der Waals surface area (Å²) in [6.07, 6.45) is 6.00. The van der Waals surface area contributed by atoms with E-state index in [1.165, 1.54) is 19.1 Å². The molecule has 0 spiro atoms. The van der Waals surface area contributed by atoms with Crippen LogP contribution in [0, 0.1) is 0 Å². The van der Waals surface area contributed by atoms with Gasteiger partial charge in [-0.3, -0.25) is 4.84 Å². The second kappa shape index (κ2) is 9.91. The average molecular weight is 458 g/mol. The summed E-state index contributed by atoms with van der Waals surface area (Å²) in [7, 11) is 1.64. The largest absolute Gasteiger partial charge is 0.493 e. The minimum atomic E-state index is -0.977. The first-order valence-electron chi connectivity index (χ1n) is 10.4. The lowest BCUT2D eigenvalue weighted by Gasteiger charge is -2.16. The number of carbonyl (C=O) groups is 1. The van der Waals surface area contributed by atoms with E-state index >= 15 is 0 Å². The highest BCUT2D eigenvalue weighted by molar-refractivity contribution is 6.31. The quantitative estimate of drug-likeness (QED) is 0.289. The number of carbonyl (C=O) groups excluding carboxylic acids is 1. The fraction of sp³-hybridized carbons (Fsp3) is 0.348. The number of hydrogen-bond donors (Lipinski definition) is 1. The van der Waals surface area contributed by atoms with Gasteiger partial charge in [0.2, 0.25) is 0 Å². The first-order chi connectivity index (χ1) is 15.5. The van der Waals surface area contributed by atoms with Crippen LogP contribution in [0.15, 0.2) is 39.9 Å². The lowest BCUT2D eigenvalue weighted by atomic mass is 10.1. The molecule has 1 heterocycles. The number of oxime groups is 1. The van der Waals surface area contributed by atoms with Crippen molar-refractivity contribution in [3.05, 3.63) is 52.4 Å². The zero-order valence-electron chi connectivity index (χ0n) is 17.7. The third-order valence-electron chi connectivity index (χ3n) is 5.28. The Kier molecular flexibility index (Phi) is 6.80. The van der Waals surface area contributed by atoms with Gasteiger partial charge in [-0.15, -0.1) is 0 Å². The predicted molar refractivity (Wildman–Crippen MR) is 121 cm³/mol. The molecule has 1 aromatic heterocycles. The van der Waals surface area contributed by atoms with Crippen LogP contribution < -0.4 is 15.2 Å². The molecule has 8 nitrogen and oxygen atoms in total. The Hall–Kier alpha value is -3.26. The Balaban J connectivity index is 1.55. The maximum Gasteiger partial charge on any atom is 0.430 e. The summed E-state index contributed by atoms with van der Waals surface area (Å²) in [5, 5.41) is 4.04. The van der Waals surface area contributed by atoms with Crippen LogP contribution >= 0.6 is 11.6 Å². The Morgan fingerprint density at radius 3 is 2.84 bits per heavy atom. The summed E-state index contributed by atoms with van der Waals surface area (Å²) >= 11 is 6.23. The summed E-state index contributed by atoms with van der Waals surface area (Å²) in [6.45, 7) is 0. The normalized spacial score (nSPS) is 14.3. The van der Waals surface area contributed by atoms with E-state index in [4.69, 9.17) is 31.2 Å². The molecular weight excluding hydrogens is 434 g/mol. The fourth-order valence-electron chi connectivity index (χ4n) is 3.85. The molecule has 0 unspecified atom stereocenters. The molecule has 0 aliphatic heterocycles. The molecule has 2 N–H and O–H groups in total. The van der Waals surface area contributed by atoms with Crippen LogP contribution in [0.2, 0.25) is 5.02 Å². The molecular formula is C23H24ClN3O5. The third kappa shape index (κ3) is 5.31. The van der Waals surface area contributed by atoms with Gasteiger partial charge in [0.15, 0.2) is 23.0 Å². The summed E-state index contributed by atoms with van der Waals surface area (Å²) in [6, 6.07) is 9.35. The highest BCUT2D eigenvalue weighted by Gasteiger charge is 2.19. The minimum absolute atomic E-state index is 0.230. The van der Waals surface area contributed by atoms with Gasteiger partial charge in [-0.05, 0) is 55.5 Å². The van der Waals surface area contributed by atoms with Gasteiger partial charge in [-0.2, -0.15) is 0 Å². The number of nitrogens with two attached hydrogens (primary N) is 1. The van der Waals surface area contributed by atoms with Crippen molar-refractivity contribution >= 4 is 35.0 Å². The maximum absolute atomic E-state index is 10.6. The average Bonchev–Trinajstić information content (AvgIpc) is 3.40. The first kappa shape index (κ1) is 22.0. The van der Waals surface area contributed by atoms with E-state index in [-0.39, 0.29) is 6.10 Å². The van der Waals surface area contributed by atoms with Gasteiger partial charge in [0.05, 0.1) is 13.2 Å². The number of methoxy groups -OCH3 is 1. The molecule has 1 saturated carbocycles. The molecule has 0 atom stereocenters. The predicted octanol–water partition coefficient (Wildman–Crippen LogP) is 5.03. The number of primary amides is 1. The standard InChI is InChI=1S/C23H24ClN3O5/c1-29-19-7-6-14(10-20(19)30-17-4-2-3-5-17)11-21-27-18-13-16(24)12-15(22(18)31-21)8-9-26-32-23(25)28/h6-7,9-10,12-13,17H,2-5,8,11H2,1H3,(H2,25,28). The summed E-state index contributed by atoms with van der Waals surface area (Å²) < 4.78 is 17.7. The highest BCUT2D eigenvalue weighted by Crippen LogP contribution is 2.33. The van der Waals surface area contributed by atoms with E-state index in [2.05, 4.69) is 15.0 Å². The van der Waals surface area contributed by atoms with E-state index in [1.807, 2.05) is 18.2 Å². The lowest BCUT2D eigenvalue weighted by molar-refractivity contribution is 0.162. The van der Waals surface area contributed by atoms with Gasteiger partial charge in [0.1, 0.15) is 5.52 Å². The molecule has 0 radical (unpaired) electrons. The second-order valence-corrected chi connectivity index (χ2v) is 8.05. The summed E-state index contributed by atoms with van der Waals surface area (Å²) in [5.74, 6) is 2.00. The van der Waals surface area contributed by atoms with Crippen LogP contribution in [0.1, 0.15) is 42.7 Å².